The number of hydrogen-bond acceptors (Lipinski definition) is 3. The van der Waals surface area contributed by atoms with Gasteiger partial charge in [0.15, 0.2) is 0 Å². The maximum Gasteiger partial charge on any atom is 0.225 e. The van der Waals surface area contributed by atoms with Gasteiger partial charge in [0, 0.05) is 20.1 Å². The summed E-state index contributed by atoms with van der Waals surface area (Å²) in [6, 6.07) is 5.96. The predicted octanol–water partition coefficient (Wildman–Crippen LogP) is 4.65. The molecule has 0 aliphatic heterocycles. The van der Waals surface area contributed by atoms with Gasteiger partial charge in [0.2, 0.25) is 5.88 Å². The Morgan fingerprint density at radius 3 is 2.67 bits per heavy atom. The minimum Gasteiger partial charge on any atom is -0.367 e. The average Bonchev–Trinajstić information content (AvgIpc) is 2.60. The zero-order chi connectivity index (χ0) is 13.3. The lowest BCUT2D eigenvalue weighted by Crippen LogP contribution is -1.98. The van der Waals surface area contributed by atoms with Gasteiger partial charge in [-0.3, -0.25) is 0 Å². The van der Waals surface area contributed by atoms with E-state index in [1.165, 1.54) is 0 Å². The standard InChI is InChI=1S/C13H14Br2N2O/c1-7(2)5-10-12(17-18-13(10)16)9-4-3-8(14)6-11(9)15/h3-4,6-7H,5,16H2,1-2H3. The second-order valence-electron chi connectivity index (χ2n) is 4.60. The Bertz CT molecular complexity index is 564. The van der Waals surface area contributed by atoms with E-state index in [1.807, 2.05) is 18.2 Å². The lowest BCUT2D eigenvalue weighted by Gasteiger charge is -2.07. The molecule has 0 unspecified atom stereocenters. The number of nitrogen functional groups attached to an aromatic ring is 1. The summed E-state index contributed by atoms with van der Waals surface area (Å²) in [5.41, 5.74) is 8.65. The van der Waals surface area contributed by atoms with Crippen LogP contribution in [0.2, 0.25) is 0 Å². The van der Waals surface area contributed by atoms with Crippen LogP contribution in [0, 0.1) is 5.92 Å². The number of hydrogen-bond donors (Lipinski definition) is 1. The summed E-state index contributed by atoms with van der Waals surface area (Å²) in [6.45, 7) is 4.29. The van der Waals surface area contributed by atoms with E-state index in [4.69, 9.17) is 10.3 Å². The lowest BCUT2D eigenvalue weighted by atomic mass is 9.99. The normalized spacial score (nSPS) is 11.2. The fourth-order valence-corrected chi connectivity index (χ4v) is 3.06. The van der Waals surface area contributed by atoms with Gasteiger partial charge in [0.1, 0.15) is 5.69 Å². The predicted molar refractivity (Wildman–Crippen MR) is 80.3 cm³/mol. The number of anilines is 1. The smallest absolute Gasteiger partial charge is 0.225 e. The van der Waals surface area contributed by atoms with Gasteiger partial charge in [-0.2, -0.15) is 0 Å². The van der Waals surface area contributed by atoms with Gasteiger partial charge in [0.05, 0.1) is 0 Å². The zero-order valence-corrected chi connectivity index (χ0v) is 13.4. The largest absolute Gasteiger partial charge is 0.367 e. The fraction of sp³-hybridized carbons (Fsp3) is 0.308. The van der Waals surface area contributed by atoms with Crippen molar-refractivity contribution in [3.8, 4) is 11.3 Å². The van der Waals surface area contributed by atoms with Crippen LogP contribution in [0.5, 0.6) is 0 Å². The van der Waals surface area contributed by atoms with Gasteiger partial charge in [-0.1, -0.05) is 56.9 Å². The van der Waals surface area contributed by atoms with E-state index >= 15 is 0 Å². The topological polar surface area (TPSA) is 52.0 Å². The summed E-state index contributed by atoms with van der Waals surface area (Å²) in [7, 11) is 0. The molecule has 0 saturated heterocycles. The summed E-state index contributed by atoms with van der Waals surface area (Å²) in [6.07, 6.45) is 0.854. The SMILES string of the molecule is CC(C)Cc1c(-c2ccc(Br)cc2Br)noc1N. The summed E-state index contributed by atoms with van der Waals surface area (Å²) in [5.74, 6) is 0.910. The third-order valence-corrected chi connectivity index (χ3v) is 3.77. The molecule has 0 bridgehead atoms. The van der Waals surface area contributed by atoms with E-state index in [0.29, 0.717) is 11.8 Å². The van der Waals surface area contributed by atoms with E-state index in [9.17, 15) is 0 Å². The first-order valence-corrected chi connectivity index (χ1v) is 7.27. The Morgan fingerprint density at radius 1 is 1.33 bits per heavy atom. The van der Waals surface area contributed by atoms with Crippen LogP contribution in [-0.2, 0) is 6.42 Å². The van der Waals surface area contributed by atoms with Crippen molar-refractivity contribution in [2.45, 2.75) is 20.3 Å². The summed E-state index contributed by atoms with van der Waals surface area (Å²) >= 11 is 6.98. The Morgan fingerprint density at radius 2 is 2.06 bits per heavy atom. The molecule has 5 heteroatoms. The van der Waals surface area contributed by atoms with E-state index in [2.05, 4.69) is 50.9 Å². The average molecular weight is 374 g/mol. The molecule has 18 heavy (non-hydrogen) atoms. The minimum atomic E-state index is 0.411. The van der Waals surface area contributed by atoms with Crippen molar-refractivity contribution < 1.29 is 4.52 Å². The van der Waals surface area contributed by atoms with E-state index in [-0.39, 0.29) is 0 Å². The summed E-state index contributed by atoms with van der Waals surface area (Å²) in [4.78, 5) is 0. The molecule has 0 aliphatic rings. The number of nitrogens with two attached hydrogens (primary N) is 1. The van der Waals surface area contributed by atoms with Crippen LogP contribution < -0.4 is 5.73 Å². The van der Waals surface area contributed by atoms with Crippen molar-refractivity contribution in [2.75, 3.05) is 5.73 Å². The molecule has 96 valence electrons. The number of aromatic nitrogens is 1. The van der Waals surface area contributed by atoms with Gasteiger partial charge in [0.25, 0.3) is 0 Å². The first kappa shape index (κ1) is 13.6. The highest BCUT2D eigenvalue weighted by molar-refractivity contribution is 9.11. The number of nitrogens with zero attached hydrogens (tertiary/aromatic N) is 1. The second kappa shape index (κ2) is 5.45. The number of rotatable bonds is 3. The van der Waals surface area contributed by atoms with Crippen LogP contribution in [0.4, 0.5) is 5.88 Å². The molecule has 0 fully saturated rings. The van der Waals surface area contributed by atoms with Crippen LogP contribution in [0.3, 0.4) is 0 Å². The molecule has 0 atom stereocenters. The van der Waals surface area contributed by atoms with Crippen molar-refractivity contribution >= 4 is 37.7 Å². The summed E-state index contributed by atoms with van der Waals surface area (Å²) in [5, 5.41) is 4.08. The molecule has 0 amide bonds. The molecule has 2 N–H and O–H groups in total. The van der Waals surface area contributed by atoms with E-state index < -0.39 is 0 Å². The molecule has 2 rings (SSSR count). The highest BCUT2D eigenvalue weighted by Crippen LogP contribution is 2.35. The zero-order valence-electron chi connectivity index (χ0n) is 10.2. The monoisotopic (exact) mass is 372 g/mol. The Balaban J connectivity index is 2.50. The molecule has 1 aromatic carbocycles. The van der Waals surface area contributed by atoms with Crippen LogP contribution in [0.25, 0.3) is 11.3 Å². The molecule has 0 saturated carbocycles. The second-order valence-corrected chi connectivity index (χ2v) is 6.37. The van der Waals surface area contributed by atoms with Crippen molar-refractivity contribution in [3.05, 3.63) is 32.7 Å². The Hall–Kier alpha value is -0.810. The Kier molecular flexibility index (Phi) is 4.12. The minimum absolute atomic E-state index is 0.411. The Labute approximate surface area is 123 Å². The highest BCUT2D eigenvalue weighted by atomic mass is 79.9. The molecule has 3 nitrogen and oxygen atoms in total. The quantitative estimate of drug-likeness (QED) is 0.851. The molecule has 2 aromatic rings. The third-order valence-electron chi connectivity index (χ3n) is 2.62. The molecule has 0 radical (unpaired) electrons. The fourth-order valence-electron chi connectivity index (χ4n) is 1.82. The van der Waals surface area contributed by atoms with Crippen molar-refractivity contribution in [3.63, 3.8) is 0 Å². The summed E-state index contributed by atoms with van der Waals surface area (Å²) < 4.78 is 7.11. The molecule has 1 heterocycles. The molecular formula is C13H14Br2N2O. The van der Waals surface area contributed by atoms with Crippen molar-refractivity contribution in [2.24, 2.45) is 5.92 Å². The number of halogens is 2. The van der Waals surface area contributed by atoms with Crippen LogP contribution in [0.1, 0.15) is 19.4 Å². The van der Waals surface area contributed by atoms with Crippen molar-refractivity contribution in [1.29, 1.82) is 0 Å². The van der Waals surface area contributed by atoms with Gasteiger partial charge >= 0.3 is 0 Å². The van der Waals surface area contributed by atoms with Crippen molar-refractivity contribution in [1.82, 2.24) is 5.16 Å². The first-order chi connectivity index (χ1) is 8.49. The van der Waals surface area contributed by atoms with Crippen LogP contribution in [-0.4, -0.2) is 5.16 Å². The van der Waals surface area contributed by atoms with Crippen LogP contribution >= 0.6 is 31.9 Å². The van der Waals surface area contributed by atoms with Crippen LogP contribution in [0.15, 0.2) is 31.7 Å². The maximum absolute atomic E-state index is 5.85. The molecule has 0 spiro atoms. The third kappa shape index (κ3) is 2.78. The first-order valence-electron chi connectivity index (χ1n) is 5.68. The molecule has 1 aromatic heterocycles. The van der Waals surface area contributed by atoms with E-state index in [1.54, 1.807) is 0 Å². The van der Waals surface area contributed by atoms with Gasteiger partial charge in [-0.15, -0.1) is 0 Å². The number of benzene rings is 1. The van der Waals surface area contributed by atoms with Gasteiger partial charge in [-0.25, -0.2) is 0 Å². The molecular weight excluding hydrogens is 360 g/mol. The lowest BCUT2D eigenvalue weighted by molar-refractivity contribution is 0.438. The highest BCUT2D eigenvalue weighted by Gasteiger charge is 2.18. The van der Waals surface area contributed by atoms with Gasteiger partial charge < -0.3 is 10.3 Å². The van der Waals surface area contributed by atoms with Gasteiger partial charge in [-0.05, 0) is 24.5 Å². The van der Waals surface area contributed by atoms with E-state index in [0.717, 1.165) is 32.2 Å². The maximum atomic E-state index is 5.85. The molecule has 0 aliphatic carbocycles.